The largest absolute Gasteiger partial charge is 0.516 e. The Bertz CT molecular complexity index is 1210. The van der Waals surface area contributed by atoms with Crippen LogP contribution in [0.5, 0.6) is 0 Å². The quantitative estimate of drug-likeness (QED) is 0.441. The first-order chi connectivity index (χ1) is 16.4. The molecular formula is C24H35BN8O2. The van der Waals surface area contributed by atoms with Crippen molar-refractivity contribution in [2.45, 2.75) is 45.8 Å². The summed E-state index contributed by atoms with van der Waals surface area (Å²) in [5, 5.41) is 12.4. The lowest BCUT2D eigenvalue weighted by atomic mass is 9.85. The van der Waals surface area contributed by atoms with Crippen molar-refractivity contribution in [2.75, 3.05) is 5.73 Å². The van der Waals surface area contributed by atoms with E-state index in [1.54, 1.807) is 26.3 Å². The lowest BCUT2D eigenvalue weighted by Gasteiger charge is -2.32. The third kappa shape index (κ3) is 6.80. The van der Waals surface area contributed by atoms with E-state index in [1.807, 2.05) is 92.7 Å². The van der Waals surface area contributed by atoms with Crippen LogP contribution in [0, 0.1) is 6.92 Å². The number of aryl methyl sites for hydroxylation is 4. The summed E-state index contributed by atoms with van der Waals surface area (Å²) in [4.78, 5) is 4.12. The third-order valence-corrected chi connectivity index (χ3v) is 5.85. The zero-order valence-corrected chi connectivity index (χ0v) is 21.8. The second kappa shape index (κ2) is 10.4. The zero-order valence-electron chi connectivity index (χ0n) is 21.8. The van der Waals surface area contributed by atoms with Crippen molar-refractivity contribution in [1.29, 1.82) is 0 Å². The summed E-state index contributed by atoms with van der Waals surface area (Å²) in [6.07, 6.45) is 9.29. The second-order valence-corrected chi connectivity index (χ2v) is 9.54. The Morgan fingerprint density at radius 2 is 1.37 bits per heavy atom. The standard InChI is InChI=1S/C10H17BN2O2.C10H11N3.C4H7N3/c1-9(2)10(3,4)15-11(14-9)8-6-7-13(5)12-8;1-8-5-9(7-11-6-8)10-3-4-13(2)12-10;1-7-3-2-4(5)6-7/h6-7H,1-5H3;3-7H,1-2H3;2-3H,1H3,(H2,5,6). The van der Waals surface area contributed by atoms with E-state index in [0.717, 1.165) is 22.4 Å². The van der Waals surface area contributed by atoms with Crippen molar-refractivity contribution in [2.24, 2.45) is 21.1 Å². The van der Waals surface area contributed by atoms with Gasteiger partial charge in [0.05, 0.1) is 22.5 Å². The maximum Gasteiger partial charge on any atom is 0.516 e. The van der Waals surface area contributed by atoms with Gasteiger partial charge in [0.2, 0.25) is 0 Å². The Balaban J connectivity index is 0.000000156. The number of aromatic nitrogens is 7. The van der Waals surface area contributed by atoms with E-state index in [1.165, 1.54) is 0 Å². The number of nitrogens with zero attached hydrogens (tertiary/aromatic N) is 7. The van der Waals surface area contributed by atoms with Gasteiger partial charge < -0.3 is 15.0 Å². The van der Waals surface area contributed by atoms with Crippen LogP contribution >= 0.6 is 0 Å². The number of nitrogen functional groups attached to an aromatic ring is 1. The lowest BCUT2D eigenvalue weighted by molar-refractivity contribution is 0.00578. The van der Waals surface area contributed by atoms with Crippen molar-refractivity contribution in [1.82, 2.24) is 34.3 Å². The highest BCUT2D eigenvalue weighted by atomic mass is 16.7. The zero-order chi connectivity index (χ0) is 25.8. The molecule has 0 aromatic carbocycles. The Morgan fingerprint density at radius 1 is 0.800 bits per heavy atom. The number of hydrogen-bond donors (Lipinski definition) is 1. The summed E-state index contributed by atoms with van der Waals surface area (Å²) in [5.74, 6) is 0.572. The fourth-order valence-electron chi connectivity index (χ4n) is 3.22. The molecule has 0 atom stereocenters. The minimum atomic E-state index is -0.351. The van der Waals surface area contributed by atoms with Gasteiger partial charge in [-0.3, -0.25) is 19.0 Å². The highest BCUT2D eigenvalue weighted by Crippen LogP contribution is 2.36. The molecule has 0 radical (unpaired) electrons. The molecule has 0 spiro atoms. The van der Waals surface area contributed by atoms with Gasteiger partial charge in [0.15, 0.2) is 0 Å². The summed E-state index contributed by atoms with van der Waals surface area (Å²) in [5.41, 5.74) is 8.68. The summed E-state index contributed by atoms with van der Waals surface area (Å²) in [7, 11) is 5.27. The molecule has 35 heavy (non-hydrogen) atoms. The molecule has 11 heteroatoms. The van der Waals surface area contributed by atoms with E-state index in [9.17, 15) is 0 Å². The van der Waals surface area contributed by atoms with Crippen LogP contribution in [-0.4, -0.2) is 52.6 Å². The average Bonchev–Trinajstić information content (AvgIpc) is 3.52. The van der Waals surface area contributed by atoms with Crippen LogP contribution in [0.1, 0.15) is 33.3 Å². The normalized spacial score (nSPS) is 15.7. The summed E-state index contributed by atoms with van der Waals surface area (Å²) in [6.45, 7) is 10.2. The van der Waals surface area contributed by atoms with Gasteiger partial charge in [0.25, 0.3) is 0 Å². The van der Waals surface area contributed by atoms with Crippen LogP contribution in [0.25, 0.3) is 11.3 Å². The first kappa shape index (κ1) is 26.2. The van der Waals surface area contributed by atoms with Gasteiger partial charge in [-0.15, -0.1) is 0 Å². The monoisotopic (exact) mass is 478 g/mol. The number of nitrogens with two attached hydrogens (primary N) is 1. The van der Waals surface area contributed by atoms with E-state index in [4.69, 9.17) is 15.0 Å². The van der Waals surface area contributed by atoms with Crippen LogP contribution in [0.2, 0.25) is 0 Å². The van der Waals surface area contributed by atoms with Gasteiger partial charge in [0.1, 0.15) is 5.82 Å². The molecule has 186 valence electrons. The van der Waals surface area contributed by atoms with Crippen molar-refractivity contribution in [3.63, 3.8) is 0 Å². The maximum absolute atomic E-state index is 5.87. The Labute approximate surface area is 207 Å². The molecule has 5 heterocycles. The van der Waals surface area contributed by atoms with Crippen LogP contribution in [0.3, 0.4) is 0 Å². The molecule has 4 aromatic heterocycles. The third-order valence-electron chi connectivity index (χ3n) is 5.85. The molecular weight excluding hydrogens is 443 g/mol. The summed E-state index contributed by atoms with van der Waals surface area (Å²) >= 11 is 0. The van der Waals surface area contributed by atoms with E-state index in [-0.39, 0.29) is 18.3 Å². The fourth-order valence-corrected chi connectivity index (χ4v) is 3.22. The van der Waals surface area contributed by atoms with Crippen LogP contribution < -0.4 is 11.3 Å². The molecule has 1 saturated heterocycles. The van der Waals surface area contributed by atoms with Crippen LogP contribution in [-0.2, 0) is 30.5 Å². The smallest absolute Gasteiger partial charge is 0.398 e. The molecule has 10 nitrogen and oxygen atoms in total. The molecule has 1 fully saturated rings. The predicted molar refractivity (Wildman–Crippen MR) is 138 cm³/mol. The fraction of sp³-hybridized carbons (Fsp3) is 0.417. The molecule has 4 aromatic rings. The van der Waals surface area contributed by atoms with Gasteiger partial charge in [-0.1, -0.05) is 0 Å². The SMILES string of the molecule is Cc1cncc(-c2ccn(C)n2)c1.Cn1ccc(B2OC(C)(C)C(C)(C)O2)n1.Cn1ccc(N)n1. The molecule has 0 unspecified atom stereocenters. The molecule has 2 N–H and O–H groups in total. The van der Waals surface area contributed by atoms with Crippen molar-refractivity contribution in [3.05, 3.63) is 60.8 Å². The van der Waals surface area contributed by atoms with Gasteiger partial charge in [-0.05, 0) is 64.4 Å². The molecule has 1 aliphatic rings. The maximum atomic E-state index is 5.87. The average molecular weight is 478 g/mol. The molecule has 0 bridgehead atoms. The summed E-state index contributed by atoms with van der Waals surface area (Å²) in [6, 6.07) is 7.73. The van der Waals surface area contributed by atoms with E-state index < -0.39 is 0 Å². The molecule has 0 aliphatic carbocycles. The first-order valence-electron chi connectivity index (χ1n) is 11.4. The Hall–Kier alpha value is -3.44. The van der Waals surface area contributed by atoms with E-state index in [0.29, 0.717) is 5.82 Å². The second-order valence-electron chi connectivity index (χ2n) is 9.54. The van der Waals surface area contributed by atoms with Gasteiger partial charge in [0, 0.05) is 57.7 Å². The summed E-state index contributed by atoms with van der Waals surface area (Å²) < 4.78 is 16.9. The lowest BCUT2D eigenvalue weighted by Crippen LogP contribution is -2.41. The van der Waals surface area contributed by atoms with Crippen molar-refractivity contribution in [3.8, 4) is 11.3 Å². The predicted octanol–water partition coefficient (Wildman–Crippen LogP) is 2.51. The molecule has 1 aliphatic heterocycles. The molecule has 0 amide bonds. The van der Waals surface area contributed by atoms with E-state index >= 15 is 0 Å². The van der Waals surface area contributed by atoms with Gasteiger partial charge in [-0.25, -0.2) is 0 Å². The number of anilines is 1. The Kier molecular flexibility index (Phi) is 7.81. The van der Waals surface area contributed by atoms with E-state index in [2.05, 4.69) is 26.3 Å². The molecule has 0 saturated carbocycles. The van der Waals surface area contributed by atoms with Crippen LogP contribution in [0.4, 0.5) is 5.82 Å². The molecule has 5 rings (SSSR count). The topological polar surface area (TPSA) is 111 Å². The highest BCUT2D eigenvalue weighted by Gasteiger charge is 2.52. The number of rotatable bonds is 2. The van der Waals surface area contributed by atoms with Crippen LogP contribution in [0.15, 0.2) is 55.2 Å². The van der Waals surface area contributed by atoms with Crippen molar-refractivity contribution >= 4 is 18.5 Å². The van der Waals surface area contributed by atoms with Gasteiger partial charge >= 0.3 is 7.12 Å². The number of pyridine rings is 1. The minimum Gasteiger partial charge on any atom is -0.398 e. The minimum absolute atomic E-state index is 0.296. The Morgan fingerprint density at radius 3 is 1.80 bits per heavy atom. The van der Waals surface area contributed by atoms with Gasteiger partial charge in [-0.2, -0.15) is 15.3 Å². The van der Waals surface area contributed by atoms with Crippen molar-refractivity contribution < 1.29 is 9.31 Å². The highest BCUT2D eigenvalue weighted by molar-refractivity contribution is 6.61. The first-order valence-corrected chi connectivity index (χ1v) is 11.4. The number of hydrogen-bond acceptors (Lipinski definition) is 7.